The van der Waals surface area contributed by atoms with Crippen molar-refractivity contribution in [3.63, 3.8) is 0 Å². The third-order valence-electron chi connectivity index (χ3n) is 13.4. The molecule has 9 atom stereocenters. The van der Waals surface area contributed by atoms with Crippen LogP contribution in [0.25, 0.3) is 0 Å². The number of rotatable bonds is 3. The first-order valence-corrected chi connectivity index (χ1v) is 16.4. The Morgan fingerprint density at radius 1 is 0.789 bits per heavy atom. The van der Waals surface area contributed by atoms with Crippen molar-refractivity contribution in [2.24, 2.45) is 51.2 Å². The molecule has 0 saturated heterocycles. The Labute approximate surface area is 234 Å². The minimum atomic E-state index is -0.220. The Kier molecular flexibility index (Phi) is 7.86. The third-order valence-corrected chi connectivity index (χ3v) is 13.4. The predicted molar refractivity (Wildman–Crippen MR) is 157 cm³/mol. The molecule has 2 heteroatoms. The highest BCUT2D eigenvalue weighted by Crippen LogP contribution is 2.76. The molecule has 0 aliphatic heterocycles. The van der Waals surface area contributed by atoms with E-state index in [1.807, 2.05) is 18.2 Å². The lowest BCUT2D eigenvalue weighted by Crippen LogP contribution is -2.64. The van der Waals surface area contributed by atoms with Crippen LogP contribution in [0.4, 0.5) is 0 Å². The lowest BCUT2D eigenvalue weighted by Gasteiger charge is -2.71. The summed E-state index contributed by atoms with van der Waals surface area (Å²) in [6.45, 7) is 15.3. The van der Waals surface area contributed by atoms with Crippen molar-refractivity contribution in [3.8, 4) is 0 Å². The van der Waals surface area contributed by atoms with Gasteiger partial charge in [0.05, 0.1) is 5.41 Å². The number of carbonyl (C=O) groups excluding carboxylic acids is 1. The average Bonchev–Trinajstić information content (AvgIpc) is 3.34. The molecule has 5 saturated carbocycles. The first kappa shape index (κ1) is 28.2. The normalized spacial score (nSPS) is 45.4. The van der Waals surface area contributed by atoms with Gasteiger partial charge in [0.25, 0.3) is 0 Å². The van der Waals surface area contributed by atoms with Gasteiger partial charge in [-0.25, -0.2) is 0 Å². The number of hydrogen-bond acceptors (Lipinski definition) is 2. The average molecular weight is 521 g/mol. The van der Waals surface area contributed by atoms with E-state index >= 15 is 0 Å². The van der Waals surface area contributed by atoms with Crippen molar-refractivity contribution in [1.82, 2.24) is 0 Å². The van der Waals surface area contributed by atoms with Crippen LogP contribution in [0.15, 0.2) is 30.3 Å². The topological polar surface area (TPSA) is 26.3 Å². The molecule has 0 aromatic heterocycles. The lowest BCUT2D eigenvalue weighted by atomic mass is 9.33. The van der Waals surface area contributed by atoms with Gasteiger partial charge in [-0.1, -0.05) is 97.6 Å². The van der Waals surface area contributed by atoms with Crippen molar-refractivity contribution in [3.05, 3.63) is 35.9 Å². The Bertz CT molecular complexity index is 971. The third kappa shape index (κ3) is 4.21. The first-order valence-electron chi connectivity index (χ1n) is 16.4. The van der Waals surface area contributed by atoms with Gasteiger partial charge in [0.2, 0.25) is 0 Å². The largest absolute Gasteiger partial charge is 0.460 e. The number of carbonyl (C=O) groups is 1. The SMILES string of the molecule is CC1CCCC2(C)C1CCC1(C)C2CCC2C3CCCC3(C(=O)OCc3ccccc3)CC[C@]21C.CCC. The van der Waals surface area contributed by atoms with E-state index in [1.165, 1.54) is 70.6 Å². The number of ether oxygens (including phenoxy) is 1. The lowest BCUT2D eigenvalue weighted by molar-refractivity contribution is -0.229. The minimum absolute atomic E-state index is 0.120. The molecule has 5 aliphatic rings. The standard InChI is InChI=1S/C33H48O2.C3H8/c1-23-10-8-17-30(2)25(23)16-19-32(4)28(30)15-14-26-27-13-9-18-33(27,21-20-31(26,32)3)29(34)35-22-24-11-6-5-7-12-24;1-3-2/h5-7,11-12,23,25-28H,8-10,13-22H2,1-4H3;3H2,1-2H3/t23?,25?,26?,27?,28?,30?,31-,32?,33?;/m1./s1. The maximum absolute atomic E-state index is 13.8. The summed E-state index contributed by atoms with van der Waals surface area (Å²) in [5, 5.41) is 0. The molecule has 2 nitrogen and oxygen atoms in total. The Hall–Kier alpha value is -1.31. The van der Waals surface area contributed by atoms with Gasteiger partial charge in [-0.05, 0) is 109 Å². The van der Waals surface area contributed by atoms with Crippen LogP contribution in [-0.2, 0) is 16.1 Å². The number of esters is 1. The van der Waals surface area contributed by atoms with Crippen molar-refractivity contribution >= 4 is 5.97 Å². The van der Waals surface area contributed by atoms with Gasteiger partial charge in [-0.3, -0.25) is 4.79 Å². The zero-order valence-electron chi connectivity index (χ0n) is 25.5. The van der Waals surface area contributed by atoms with Gasteiger partial charge in [0.15, 0.2) is 0 Å². The van der Waals surface area contributed by atoms with E-state index in [2.05, 4.69) is 53.7 Å². The molecule has 0 heterocycles. The second kappa shape index (κ2) is 10.6. The molecule has 6 rings (SSSR count). The fraction of sp³-hybridized carbons (Fsp3) is 0.806. The molecule has 0 N–H and O–H groups in total. The van der Waals surface area contributed by atoms with E-state index in [9.17, 15) is 4.79 Å². The molecule has 0 spiro atoms. The monoisotopic (exact) mass is 520 g/mol. The van der Waals surface area contributed by atoms with E-state index in [0.717, 1.165) is 36.2 Å². The van der Waals surface area contributed by atoms with E-state index in [4.69, 9.17) is 4.74 Å². The first-order chi connectivity index (χ1) is 18.2. The van der Waals surface area contributed by atoms with Gasteiger partial charge in [-0.15, -0.1) is 0 Å². The van der Waals surface area contributed by atoms with Crippen LogP contribution in [0.1, 0.15) is 131 Å². The van der Waals surface area contributed by atoms with Gasteiger partial charge in [0, 0.05) is 0 Å². The Morgan fingerprint density at radius 3 is 2.24 bits per heavy atom. The molecular weight excluding hydrogens is 464 g/mol. The number of hydrogen-bond donors (Lipinski definition) is 0. The summed E-state index contributed by atoms with van der Waals surface area (Å²) in [7, 11) is 0. The summed E-state index contributed by atoms with van der Waals surface area (Å²) in [5.41, 5.74) is 2.19. The van der Waals surface area contributed by atoms with E-state index in [-0.39, 0.29) is 11.4 Å². The van der Waals surface area contributed by atoms with Gasteiger partial charge in [-0.2, -0.15) is 0 Å². The van der Waals surface area contributed by atoms with Crippen molar-refractivity contribution < 1.29 is 9.53 Å². The summed E-state index contributed by atoms with van der Waals surface area (Å²) in [4.78, 5) is 13.8. The van der Waals surface area contributed by atoms with Gasteiger partial charge >= 0.3 is 5.97 Å². The highest BCUT2D eigenvalue weighted by Gasteiger charge is 2.69. The second-order valence-electron chi connectivity index (χ2n) is 15.0. The van der Waals surface area contributed by atoms with Crippen LogP contribution in [0.2, 0.25) is 0 Å². The molecule has 1 aromatic rings. The molecular formula is C36H56O2. The zero-order chi connectivity index (χ0) is 27.2. The van der Waals surface area contributed by atoms with Crippen LogP contribution < -0.4 is 0 Å². The summed E-state index contributed by atoms with van der Waals surface area (Å²) < 4.78 is 6.08. The van der Waals surface area contributed by atoms with E-state index in [1.54, 1.807) is 0 Å². The summed E-state index contributed by atoms with van der Waals surface area (Å²) >= 11 is 0. The highest BCUT2D eigenvalue weighted by atomic mass is 16.5. The molecule has 38 heavy (non-hydrogen) atoms. The summed E-state index contributed by atoms with van der Waals surface area (Å²) in [6, 6.07) is 10.2. The van der Waals surface area contributed by atoms with Crippen LogP contribution in [0.3, 0.4) is 0 Å². The van der Waals surface area contributed by atoms with Crippen LogP contribution in [0.5, 0.6) is 0 Å². The second-order valence-corrected chi connectivity index (χ2v) is 15.0. The number of fused-ring (bicyclic) bond motifs is 7. The molecule has 5 aliphatic carbocycles. The van der Waals surface area contributed by atoms with Crippen molar-refractivity contribution in [2.45, 2.75) is 132 Å². The van der Waals surface area contributed by atoms with Crippen LogP contribution in [-0.4, -0.2) is 5.97 Å². The molecule has 8 unspecified atom stereocenters. The maximum Gasteiger partial charge on any atom is 0.312 e. The minimum Gasteiger partial charge on any atom is -0.460 e. The molecule has 5 fully saturated rings. The summed E-state index contributed by atoms with van der Waals surface area (Å²) in [6.07, 6.45) is 16.9. The van der Waals surface area contributed by atoms with E-state index < -0.39 is 0 Å². The van der Waals surface area contributed by atoms with Crippen molar-refractivity contribution in [1.29, 1.82) is 0 Å². The smallest absolute Gasteiger partial charge is 0.312 e. The molecule has 0 bridgehead atoms. The fourth-order valence-corrected chi connectivity index (χ4v) is 11.5. The molecule has 212 valence electrons. The predicted octanol–water partition coefficient (Wildman–Crippen LogP) is 10.0. The number of benzene rings is 1. The Morgan fingerprint density at radius 2 is 1.50 bits per heavy atom. The van der Waals surface area contributed by atoms with E-state index in [0.29, 0.717) is 34.7 Å². The maximum atomic E-state index is 13.8. The Balaban J connectivity index is 0.000000937. The zero-order valence-corrected chi connectivity index (χ0v) is 25.5. The van der Waals surface area contributed by atoms with Crippen molar-refractivity contribution in [2.75, 3.05) is 0 Å². The molecule has 0 amide bonds. The molecule has 1 aromatic carbocycles. The van der Waals surface area contributed by atoms with Crippen LogP contribution in [0, 0.1) is 51.2 Å². The highest BCUT2D eigenvalue weighted by molar-refractivity contribution is 5.78. The van der Waals surface area contributed by atoms with Gasteiger partial charge in [0.1, 0.15) is 6.61 Å². The quantitative estimate of drug-likeness (QED) is 0.371. The summed E-state index contributed by atoms with van der Waals surface area (Å²) in [5.74, 6) is 4.02. The van der Waals surface area contributed by atoms with Crippen LogP contribution >= 0.6 is 0 Å². The van der Waals surface area contributed by atoms with Gasteiger partial charge < -0.3 is 4.74 Å². The molecule has 0 radical (unpaired) electrons. The fourth-order valence-electron chi connectivity index (χ4n) is 11.5.